The van der Waals surface area contributed by atoms with E-state index >= 15 is 0 Å². The number of rotatable bonds is 4. The van der Waals surface area contributed by atoms with Gasteiger partial charge < -0.3 is 9.64 Å². The first kappa shape index (κ1) is 18.4. The molecule has 2 fully saturated rings. The van der Waals surface area contributed by atoms with Crippen LogP contribution in [0, 0.1) is 5.82 Å². The second kappa shape index (κ2) is 7.59. The van der Waals surface area contributed by atoms with E-state index in [0.29, 0.717) is 24.5 Å². The van der Waals surface area contributed by atoms with E-state index in [2.05, 4.69) is 9.80 Å². The number of hydrogen-bond acceptors (Lipinski definition) is 5. The van der Waals surface area contributed by atoms with E-state index in [-0.39, 0.29) is 24.1 Å². The Morgan fingerprint density at radius 1 is 0.893 bits per heavy atom. The lowest BCUT2D eigenvalue weighted by Crippen LogP contribution is -2.52. The van der Waals surface area contributed by atoms with Gasteiger partial charge in [-0.1, -0.05) is 0 Å². The fourth-order valence-corrected chi connectivity index (χ4v) is 3.85. The van der Waals surface area contributed by atoms with E-state index in [1.165, 1.54) is 17.0 Å². The molecule has 0 saturated carbocycles. The van der Waals surface area contributed by atoms with Crippen molar-refractivity contribution in [3.63, 3.8) is 0 Å². The normalized spacial score (nSPS) is 20.7. The van der Waals surface area contributed by atoms with Crippen LogP contribution in [-0.2, 0) is 9.59 Å². The number of piperazine rings is 1. The Labute approximate surface area is 163 Å². The number of amides is 2. The van der Waals surface area contributed by atoms with E-state index in [1.807, 2.05) is 0 Å². The zero-order chi connectivity index (χ0) is 19.7. The molecule has 0 aliphatic carbocycles. The summed E-state index contributed by atoms with van der Waals surface area (Å²) in [5.74, 6) is 0.0684. The standard InChI is InChI=1S/C21H22FN3O3/c1-28-18-8-6-17(7-9-18)25-20(26)14-19(21(25)27)24-12-10-23(11-13-24)16-4-2-15(22)3-5-16/h2-9,19H,10-14H2,1H3. The highest BCUT2D eigenvalue weighted by Crippen LogP contribution is 2.28. The van der Waals surface area contributed by atoms with Crippen molar-refractivity contribution in [1.82, 2.24) is 4.90 Å². The molecule has 2 aliphatic heterocycles. The van der Waals surface area contributed by atoms with Crippen LogP contribution in [0.25, 0.3) is 0 Å². The molecule has 4 rings (SSSR count). The second-order valence-electron chi connectivity index (χ2n) is 6.98. The molecule has 6 nitrogen and oxygen atoms in total. The van der Waals surface area contributed by atoms with Gasteiger partial charge >= 0.3 is 0 Å². The topological polar surface area (TPSA) is 53.1 Å². The molecule has 2 amide bonds. The number of ether oxygens (including phenoxy) is 1. The molecule has 2 heterocycles. The summed E-state index contributed by atoms with van der Waals surface area (Å²) in [4.78, 5) is 31.0. The largest absolute Gasteiger partial charge is 0.497 e. The van der Waals surface area contributed by atoms with Gasteiger partial charge in [0.2, 0.25) is 5.91 Å². The Bertz CT molecular complexity index is 861. The number of anilines is 2. The predicted octanol–water partition coefficient (Wildman–Crippen LogP) is 2.29. The highest BCUT2D eigenvalue weighted by atomic mass is 19.1. The molecule has 2 aromatic carbocycles. The monoisotopic (exact) mass is 383 g/mol. The van der Waals surface area contributed by atoms with E-state index in [0.717, 1.165) is 18.8 Å². The van der Waals surface area contributed by atoms with Gasteiger partial charge in [0.1, 0.15) is 11.6 Å². The number of benzene rings is 2. The molecule has 0 radical (unpaired) electrons. The average Bonchev–Trinajstić information content (AvgIpc) is 3.03. The second-order valence-corrected chi connectivity index (χ2v) is 6.98. The maximum Gasteiger partial charge on any atom is 0.251 e. The third-order valence-corrected chi connectivity index (χ3v) is 5.40. The van der Waals surface area contributed by atoms with Crippen molar-refractivity contribution in [2.75, 3.05) is 43.1 Å². The van der Waals surface area contributed by atoms with Crippen LogP contribution in [0.2, 0.25) is 0 Å². The minimum absolute atomic E-state index is 0.176. The molecule has 0 bridgehead atoms. The molecule has 1 unspecified atom stereocenters. The molecule has 28 heavy (non-hydrogen) atoms. The number of carbonyl (C=O) groups is 2. The van der Waals surface area contributed by atoms with Crippen molar-refractivity contribution in [2.45, 2.75) is 12.5 Å². The molecule has 7 heteroatoms. The highest BCUT2D eigenvalue weighted by molar-refractivity contribution is 6.22. The Hall–Kier alpha value is -2.93. The first-order valence-electron chi connectivity index (χ1n) is 9.32. The first-order valence-corrected chi connectivity index (χ1v) is 9.32. The summed E-state index contributed by atoms with van der Waals surface area (Å²) in [6.07, 6.45) is 0.196. The van der Waals surface area contributed by atoms with E-state index in [1.54, 1.807) is 43.5 Å². The molecule has 0 aromatic heterocycles. The minimum Gasteiger partial charge on any atom is -0.497 e. The van der Waals surface area contributed by atoms with Gasteiger partial charge in [-0.25, -0.2) is 9.29 Å². The number of methoxy groups -OCH3 is 1. The summed E-state index contributed by atoms with van der Waals surface area (Å²) in [5.41, 5.74) is 1.54. The summed E-state index contributed by atoms with van der Waals surface area (Å²) < 4.78 is 18.2. The van der Waals surface area contributed by atoms with Crippen molar-refractivity contribution in [3.05, 3.63) is 54.3 Å². The fraction of sp³-hybridized carbons (Fsp3) is 0.333. The van der Waals surface area contributed by atoms with Crippen LogP contribution in [0.5, 0.6) is 5.75 Å². The summed E-state index contributed by atoms with van der Waals surface area (Å²) in [5, 5.41) is 0. The van der Waals surface area contributed by atoms with E-state index in [4.69, 9.17) is 4.74 Å². The number of carbonyl (C=O) groups excluding carboxylic acids is 2. The molecular weight excluding hydrogens is 361 g/mol. The lowest BCUT2D eigenvalue weighted by molar-refractivity contribution is -0.123. The van der Waals surface area contributed by atoms with Crippen molar-refractivity contribution >= 4 is 23.2 Å². The van der Waals surface area contributed by atoms with Crippen LogP contribution in [0.3, 0.4) is 0 Å². The Balaban J connectivity index is 1.42. The highest BCUT2D eigenvalue weighted by Gasteiger charge is 2.43. The van der Waals surface area contributed by atoms with Crippen LogP contribution < -0.4 is 14.5 Å². The molecule has 0 spiro atoms. The Kier molecular flexibility index (Phi) is 5.00. The van der Waals surface area contributed by atoms with Gasteiger partial charge in [0.15, 0.2) is 0 Å². The van der Waals surface area contributed by atoms with Crippen molar-refractivity contribution in [2.24, 2.45) is 0 Å². The summed E-state index contributed by atoms with van der Waals surface area (Å²) in [6, 6.07) is 12.9. The van der Waals surface area contributed by atoms with Crippen LogP contribution in [0.15, 0.2) is 48.5 Å². The van der Waals surface area contributed by atoms with Crippen molar-refractivity contribution in [1.29, 1.82) is 0 Å². The number of hydrogen-bond donors (Lipinski definition) is 0. The SMILES string of the molecule is COc1ccc(N2C(=O)CC(N3CCN(c4ccc(F)cc4)CC3)C2=O)cc1. The first-order chi connectivity index (χ1) is 13.6. The zero-order valence-corrected chi connectivity index (χ0v) is 15.7. The molecule has 0 N–H and O–H groups in total. The molecule has 1 atom stereocenters. The molecule has 2 aromatic rings. The quantitative estimate of drug-likeness (QED) is 0.759. The van der Waals surface area contributed by atoms with Gasteiger partial charge in [0.25, 0.3) is 5.91 Å². The lowest BCUT2D eigenvalue weighted by Gasteiger charge is -2.38. The van der Waals surface area contributed by atoms with Crippen molar-refractivity contribution in [3.8, 4) is 5.75 Å². The fourth-order valence-electron chi connectivity index (χ4n) is 3.85. The van der Waals surface area contributed by atoms with Crippen molar-refractivity contribution < 1.29 is 18.7 Å². The molecule has 2 saturated heterocycles. The van der Waals surface area contributed by atoms with Gasteiger partial charge in [-0.15, -0.1) is 0 Å². The Morgan fingerprint density at radius 2 is 1.50 bits per heavy atom. The van der Waals surface area contributed by atoms with Crippen LogP contribution in [-0.4, -0.2) is 56.0 Å². The summed E-state index contributed by atoms with van der Waals surface area (Å²) in [6.45, 7) is 2.81. The van der Waals surface area contributed by atoms with Crippen LogP contribution in [0.1, 0.15) is 6.42 Å². The van der Waals surface area contributed by atoms with Gasteiger partial charge in [-0.3, -0.25) is 14.5 Å². The van der Waals surface area contributed by atoms with Gasteiger partial charge in [-0.05, 0) is 48.5 Å². The maximum absolute atomic E-state index is 13.1. The number of nitrogens with zero attached hydrogens (tertiary/aromatic N) is 3. The Morgan fingerprint density at radius 3 is 2.11 bits per heavy atom. The molecule has 146 valence electrons. The van der Waals surface area contributed by atoms with Gasteiger partial charge in [0, 0.05) is 31.9 Å². The molecule has 2 aliphatic rings. The third-order valence-electron chi connectivity index (χ3n) is 5.40. The van der Waals surface area contributed by atoms with Crippen LogP contribution in [0.4, 0.5) is 15.8 Å². The van der Waals surface area contributed by atoms with E-state index in [9.17, 15) is 14.0 Å². The molecular formula is C21H22FN3O3. The maximum atomic E-state index is 13.1. The van der Waals surface area contributed by atoms with E-state index < -0.39 is 6.04 Å². The lowest BCUT2D eigenvalue weighted by atomic mass is 10.1. The smallest absolute Gasteiger partial charge is 0.251 e. The third kappa shape index (κ3) is 3.45. The average molecular weight is 383 g/mol. The van der Waals surface area contributed by atoms with Gasteiger partial charge in [-0.2, -0.15) is 0 Å². The summed E-state index contributed by atoms with van der Waals surface area (Å²) in [7, 11) is 1.57. The number of imide groups is 1. The number of halogens is 1. The summed E-state index contributed by atoms with van der Waals surface area (Å²) >= 11 is 0. The van der Waals surface area contributed by atoms with Crippen LogP contribution >= 0.6 is 0 Å². The predicted molar refractivity (Wildman–Crippen MR) is 104 cm³/mol. The van der Waals surface area contributed by atoms with Gasteiger partial charge in [0.05, 0.1) is 25.3 Å². The zero-order valence-electron chi connectivity index (χ0n) is 15.7. The minimum atomic E-state index is -0.426.